The SMILES string of the molecule is CC1(C)CCC(C)(C)c2cc3c(cc21)NCCO3. The number of hydrogen-bond acceptors (Lipinski definition) is 2. The number of ether oxygens (including phenoxy) is 1. The lowest BCUT2D eigenvalue weighted by Gasteiger charge is -2.42. The van der Waals surface area contributed by atoms with Crippen molar-refractivity contribution in [3.05, 3.63) is 23.3 Å². The van der Waals surface area contributed by atoms with Gasteiger partial charge in [0.15, 0.2) is 0 Å². The minimum atomic E-state index is 0.265. The van der Waals surface area contributed by atoms with E-state index in [9.17, 15) is 0 Å². The third-order valence-electron chi connectivity index (χ3n) is 4.63. The van der Waals surface area contributed by atoms with Gasteiger partial charge in [0.05, 0.1) is 5.69 Å². The molecule has 1 aliphatic heterocycles. The molecule has 0 amide bonds. The van der Waals surface area contributed by atoms with Crippen LogP contribution in [0.25, 0.3) is 0 Å². The molecule has 0 saturated carbocycles. The van der Waals surface area contributed by atoms with Crippen LogP contribution in [0, 0.1) is 0 Å². The van der Waals surface area contributed by atoms with Crippen LogP contribution in [0.1, 0.15) is 51.7 Å². The summed E-state index contributed by atoms with van der Waals surface area (Å²) < 4.78 is 5.79. The molecule has 1 aliphatic carbocycles. The van der Waals surface area contributed by atoms with E-state index < -0.39 is 0 Å². The fraction of sp³-hybridized carbons (Fsp3) is 0.625. The van der Waals surface area contributed by atoms with Crippen molar-refractivity contribution in [2.75, 3.05) is 18.5 Å². The highest BCUT2D eigenvalue weighted by Gasteiger charge is 2.38. The van der Waals surface area contributed by atoms with Gasteiger partial charge in [0.25, 0.3) is 0 Å². The molecule has 1 heterocycles. The summed E-state index contributed by atoms with van der Waals surface area (Å²) in [4.78, 5) is 0. The summed E-state index contributed by atoms with van der Waals surface area (Å²) in [7, 11) is 0. The Morgan fingerprint density at radius 3 is 2.28 bits per heavy atom. The number of benzene rings is 1. The second kappa shape index (κ2) is 3.66. The molecule has 2 heteroatoms. The fourth-order valence-electron chi connectivity index (χ4n) is 3.20. The molecule has 1 aromatic rings. The summed E-state index contributed by atoms with van der Waals surface area (Å²) >= 11 is 0. The first-order valence-electron chi connectivity index (χ1n) is 6.96. The number of hydrogen-bond donors (Lipinski definition) is 1. The molecule has 3 rings (SSSR count). The lowest BCUT2D eigenvalue weighted by molar-refractivity contribution is 0.310. The fourth-order valence-corrected chi connectivity index (χ4v) is 3.20. The zero-order valence-electron chi connectivity index (χ0n) is 11.9. The molecule has 0 saturated heterocycles. The van der Waals surface area contributed by atoms with E-state index >= 15 is 0 Å². The zero-order chi connectivity index (χ0) is 13.0. The highest BCUT2D eigenvalue weighted by molar-refractivity contribution is 5.64. The highest BCUT2D eigenvalue weighted by Crippen LogP contribution is 2.48. The van der Waals surface area contributed by atoms with Crippen LogP contribution in [0.3, 0.4) is 0 Å². The quantitative estimate of drug-likeness (QED) is 0.750. The summed E-state index contributed by atoms with van der Waals surface area (Å²) in [6.45, 7) is 11.1. The molecule has 18 heavy (non-hydrogen) atoms. The van der Waals surface area contributed by atoms with E-state index in [1.807, 2.05) is 0 Å². The largest absolute Gasteiger partial charge is 0.490 e. The summed E-state index contributed by atoms with van der Waals surface area (Å²) in [6, 6.07) is 4.60. The molecule has 0 unspecified atom stereocenters. The van der Waals surface area contributed by atoms with Crippen molar-refractivity contribution in [2.45, 2.75) is 51.4 Å². The van der Waals surface area contributed by atoms with Crippen LogP contribution in [0.2, 0.25) is 0 Å². The second-order valence-corrected chi connectivity index (χ2v) is 6.94. The molecule has 1 aromatic carbocycles. The molecule has 0 atom stereocenters. The molecule has 0 aromatic heterocycles. The summed E-state index contributed by atoms with van der Waals surface area (Å²) in [5, 5.41) is 3.45. The maximum Gasteiger partial charge on any atom is 0.142 e. The van der Waals surface area contributed by atoms with E-state index in [1.165, 1.54) is 29.7 Å². The van der Waals surface area contributed by atoms with E-state index in [1.54, 1.807) is 0 Å². The predicted molar refractivity (Wildman–Crippen MR) is 75.7 cm³/mol. The van der Waals surface area contributed by atoms with E-state index in [0.717, 1.165) is 18.9 Å². The van der Waals surface area contributed by atoms with Crippen LogP contribution in [0.5, 0.6) is 5.75 Å². The van der Waals surface area contributed by atoms with Crippen LogP contribution in [-0.2, 0) is 10.8 Å². The summed E-state index contributed by atoms with van der Waals surface area (Å²) in [5.41, 5.74) is 4.68. The Balaban J connectivity index is 2.20. The van der Waals surface area contributed by atoms with Crippen molar-refractivity contribution >= 4 is 5.69 Å². The van der Waals surface area contributed by atoms with Gasteiger partial charge in [-0.3, -0.25) is 0 Å². The van der Waals surface area contributed by atoms with E-state index in [4.69, 9.17) is 4.74 Å². The van der Waals surface area contributed by atoms with Crippen molar-refractivity contribution in [2.24, 2.45) is 0 Å². The maximum absolute atomic E-state index is 5.79. The van der Waals surface area contributed by atoms with Crippen LogP contribution in [0.4, 0.5) is 5.69 Å². The average molecular weight is 245 g/mol. The van der Waals surface area contributed by atoms with Gasteiger partial charge in [0.2, 0.25) is 0 Å². The van der Waals surface area contributed by atoms with Gasteiger partial charge < -0.3 is 10.1 Å². The Hall–Kier alpha value is -1.18. The first kappa shape index (κ1) is 11.9. The summed E-state index contributed by atoms with van der Waals surface area (Å²) in [5.74, 6) is 1.03. The van der Waals surface area contributed by atoms with Crippen LogP contribution < -0.4 is 10.1 Å². The molecular formula is C16H23NO. The summed E-state index contributed by atoms with van der Waals surface area (Å²) in [6.07, 6.45) is 2.51. The molecule has 0 fully saturated rings. The monoisotopic (exact) mass is 245 g/mol. The second-order valence-electron chi connectivity index (χ2n) is 6.94. The van der Waals surface area contributed by atoms with Crippen molar-refractivity contribution in [3.63, 3.8) is 0 Å². The van der Waals surface area contributed by atoms with Crippen molar-refractivity contribution in [1.82, 2.24) is 0 Å². The Morgan fingerprint density at radius 1 is 1.00 bits per heavy atom. The standard InChI is InChI=1S/C16H23NO/c1-15(2)5-6-16(3,4)12-10-14-13(9-11(12)15)17-7-8-18-14/h9-10,17H,5-8H2,1-4H3. The highest BCUT2D eigenvalue weighted by atomic mass is 16.5. The van der Waals surface area contributed by atoms with Crippen LogP contribution >= 0.6 is 0 Å². The first-order chi connectivity index (χ1) is 8.40. The molecule has 0 bridgehead atoms. The van der Waals surface area contributed by atoms with Gasteiger partial charge in [0, 0.05) is 6.54 Å². The lowest BCUT2D eigenvalue weighted by Crippen LogP contribution is -2.34. The van der Waals surface area contributed by atoms with E-state index in [0.29, 0.717) is 0 Å². The zero-order valence-corrected chi connectivity index (χ0v) is 11.9. The van der Waals surface area contributed by atoms with E-state index in [2.05, 4.69) is 45.1 Å². The van der Waals surface area contributed by atoms with Crippen molar-refractivity contribution < 1.29 is 4.74 Å². The number of anilines is 1. The third kappa shape index (κ3) is 1.70. The molecule has 98 valence electrons. The van der Waals surface area contributed by atoms with Gasteiger partial charge >= 0.3 is 0 Å². The van der Waals surface area contributed by atoms with Crippen LogP contribution in [0.15, 0.2) is 12.1 Å². The molecule has 0 spiro atoms. The molecule has 2 aliphatic rings. The number of fused-ring (bicyclic) bond motifs is 2. The smallest absolute Gasteiger partial charge is 0.142 e. The van der Waals surface area contributed by atoms with Gasteiger partial charge in [-0.2, -0.15) is 0 Å². The number of rotatable bonds is 0. The molecule has 0 radical (unpaired) electrons. The van der Waals surface area contributed by atoms with Gasteiger partial charge in [0.1, 0.15) is 12.4 Å². The normalized spacial score (nSPS) is 23.3. The van der Waals surface area contributed by atoms with Crippen molar-refractivity contribution in [3.8, 4) is 5.75 Å². The molecular weight excluding hydrogens is 222 g/mol. The topological polar surface area (TPSA) is 21.3 Å². The maximum atomic E-state index is 5.79. The lowest BCUT2D eigenvalue weighted by atomic mass is 9.63. The van der Waals surface area contributed by atoms with E-state index in [-0.39, 0.29) is 10.8 Å². The Labute approximate surface area is 110 Å². The van der Waals surface area contributed by atoms with Crippen LogP contribution in [-0.4, -0.2) is 13.2 Å². The van der Waals surface area contributed by atoms with Gasteiger partial charge in [-0.1, -0.05) is 27.7 Å². The third-order valence-corrected chi connectivity index (χ3v) is 4.63. The van der Waals surface area contributed by atoms with Gasteiger partial charge in [-0.15, -0.1) is 0 Å². The molecule has 1 N–H and O–H groups in total. The minimum Gasteiger partial charge on any atom is -0.490 e. The minimum absolute atomic E-state index is 0.265. The first-order valence-corrected chi connectivity index (χ1v) is 6.96. The Kier molecular flexibility index (Phi) is 2.42. The van der Waals surface area contributed by atoms with Gasteiger partial charge in [-0.25, -0.2) is 0 Å². The molecule has 2 nitrogen and oxygen atoms in total. The predicted octanol–water partition coefficient (Wildman–Crippen LogP) is 3.84. The van der Waals surface area contributed by atoms with Crippen molar-refractivity contribution in [1.29, 1.82) is 0 Å². The van der Waals surface area contributed by atoms with Gasteiger partial charge in [-0.05, 0) is 46.9 Å². The Bertz CT molecular complexity index is 443. The Morgan fingerprint density at radius 2 is 1.61 bits per heavy atom. The number of nitrogens with one attached hydrogen (secondary N) is 1. The average Bonchev–Trinajstić information content (AvgIpc) is 2.34.